The highest BCUT2D eigenvalue weighted by Crippen LogP contribution is 2.28. The standard InChI is InChI=1S/C19H22FNO3S/c1-21(11-15-6-9-17(23-2)18(10-15)24-3)19(22)13-25-12-14-4-7-16(20)8-5-14/h4-10H,11-13H2,1-3H3. The van der Waals surface area contributed by atoms with E-state index < -0.39 is 0 Å². The molecular formula is C19H22FNO3S. The quantitative estimate of drug-likeness (QED) is 0.716. The average Bonchev–Trinajstić information content (AvgIpc) is 2.63. The van der Waals surface area contributed by atoms with Crippen LogP contribution in [0.1, 0.15) is 11.1 Å². The van der Waals surface area contributed by atoms with Crippen molar-refractivity contribution in [1.29, 1.82) is 0 Å². The van der Waals surface area contributed by atoms with E-state index >= 15 is 0 Å². The molecule has 0 aliphatic carbocycles. The summed E-state index contributed by atoms with van der Waals surface area (Å²) in [5.74, 6) is 2.15. The van der Waals surface area contributed by atoms with E-state index in [9.17, 15) is 9.18 Å². The molecule has 0 fully saturated rings. The van der Waals surface area contributed by atoms with Gasteiger partial charge >= 0.3 is 0 Å². The normalized spacial score (nSPS) is 10.4. The van der Waals surface area contributed by atoms with Gasteiger partial charge in [-0.05, 0) is 35.4 Å². The van der Waals surface area contributed by atoms with Crippen LogP contribution in [0.15, 0.2) is 42.5 Å². The molecule has 6 heteroatoms. The maximum atomic E-state index is 12.9. The van der Waals surface area contributed by atoms with Gasteiger partial charge in [-0.2, -0.15) is 0 Å². The summed E-state index contributed by atoms with van der Waals surface area (Å²) >= 11 is 1.51. The molecule has 2 aromatic carbocycles. The topological polar surface area (TPSA) is 38.8 Å². The van der Waals surface area contributed by atoms with Gasteiger partial charge in [0.2, 0.25) is 5.91 Å². The average molecular weight is 363 g/mol. The van der Waals surface area contributed by atoms with Crippen molar-refractivity contribution >= 4 is 17.7 Å². The predicted molar refractivity (Wildman–Crippen MR) is 98.6 cm³/mol. The fraction of sp³-hybridized carbons (Fsp3) is 0.316. The summed E-state index contributed by atoms with van der Waals surface area (Å²) in [5, 5.41) is 0. The van der Waals surface area contributed by atoms with Crippen LogP contribution in [0.2, 0.25) is 0 Å². The second-order valence-corrected chi connectivity index (χ2v) is 6.54. The summed E-state index contributed by atoms with van der Waals surface area (Å²) in [4.78, 5) is 13.9. The Hall–Kier alpha value is -2.21. The predicted octanol–water partition coefficient (Wildman–Crippen LogP) is 3.73. The summed E-state index contributed by atoms with van der Waals surface area (Å²) in [5.41, 5.74) is 1.97. The minimum absolute atomic E-state index is 0.0434. The van der Waals surface area contributed by atoms with Gasteiger partial charge in [-0.1, -0.05) is 18.2 Å². The Labute approximate surface area is 151 Å². The highest BCUT2D eigenvalue weighted by Gasteiger charge is 2.11. The Balaban J connectivity index is 1.84. The van der Waals surface area contributed by atoms with Crippen molar-refractivity contribution in [3.05, 3.63) is 59.4 Å². The molecule has 2 rings (SSSR count). The van der Waals surface area contributed by atoms with Crippen LogP contribution >= 0.6 is 11.8 Å². The molecule has 0 radical (unpaired) electrons. The van der Waals surface area contributed by atoms with Gasteiger partial charge in [0.1, 0.15) is 5.82 Å². The molecule has 0 heterocycles. The molecule has 0 N–H and O–H groups in total. The molecule has 0 saturated carbocycles. The number of carbonyl (C=O) groups excluding carboxylic acids is 1. The van der Waals surface area contributed by atoms with Crippen molar-refractivity contribution in [2.45, 2.75) is 12.3 Å². The van der Waals surface area contributed by atoms with Gasteiger partial charge in [0.05, 0.1) is 20.0 Å². The number of carbonyl (C=O) groups is 1. The van der Waals surface area contributed by atoms with Crippen LogP contribution in [0.5, 0.6) is 11.5 Å². The molecule has 0 bridgehead atoms. The zero-order valence-corrected chi connectivity index (χ0v) is 15.4. The van der Waals surface area contributed by atoms with Crippen molar-refractivity contribution < 1.29 is 18.7 Å². The van der Waals surface area contributed by atoms with Crippen LogP contribution in [0, 0.1) is 5.82 Å². The van der Waals surface area contributed by atoms with Crippen LogP contribution < -0.4 is 9.47 Å². The Morgan fingerprint density at radius 1 is 1.04 bits per heavy atom. The third-order valence-corrected chi connectivity index (χ3v) is 4.69. The van der Waals surface area contributed by atoms with Crippen LogP contribution in [-0.2, 0) is 17.1 Å². The second kappa shape index (κ2) is 9.32. The number of nitrogens with zero attached hydrogens (tertiary/aromatic N) is 1. The number of hydrogen-bond acceptors (Lipinski definition) is 4. The summed E-state index contributed by atoms with van der Waals surface area (Å²) < 4.78 is 23.4. The first-order chi connectivity index (χ1) is 12.0. The van der Waals surface area contributed by atoms with E-state index in [1.54, 1.807) is 38.3 Å². The van der Waals surface area contributed by atoms with Gasteiger partial charge in [-0.25, -0.2) is 4.39 Å². The van der Waals surface area contributed by atoms with E-state index in [1.807, 2.05) is 18.2 Å². The molecule has 0 spiro atoms. The number of amides is 1. The Morgan fingerprint density at radius 3 is 2.32 bits per heavy atom. The summed E-state index contributed by atoms with van der Waals surface area (Å²) in [7, 11) is 4.95. The smallest absolute Gasteiger partial charge is 0.232 e. The van der Waals surface area contributed by atoms with Crippen molar-refractivity contribution in [2.75, 3.05) is 27.0 Å². The van der Waals surface area contributed by atoms with Crippen molar-refractivity contribution in [2.24, 2.45) is 0 Å². The number of methoxy groups -OCH3 is 2. The number of benzene rings is 2. The van der Waals surface area contributed by atoms with E-state index in [0.717, 1.165) is 11.1 Å². The minimum atomic E-state index is -0.250. The fourth-order valence-electron chi connectivity index (χ4n) is 2.29. The Kier molecular flexibility index (Phi) is 7.13. The van der Waals surface area contributed by atoms with E-state index in [1.165, 1.54) is 23.9 Å². The first kappa shape index (κ1) is 19.1. The minimum Gasteiger partial charge on any atom is -0.493 e. The number of ether oxygens (including phenoxy) is 2. The highest BCUT2D eigenvalue weighted by atomic mass is 32.2. The van der Waals surface area contributed by atoms with E-state index in [-0.39, 0.29) is 11.7 Å². The zero-order chi connectivity index (χ0) is 18.2. The molecule has 0 unspecified atom stereocenters. The third kappa shape index (κ3) is 5.67. The van der Waals surface area contributed by atoms with E-state index in [0.29, 0.717) is 29.5 Å². The number of halogens is 1. The molecule has 2 aromatic rings. The highest BCUT2D eigenvalue weighted by molar-refractivity contribution is 7.99. The molecule has 25 heavy (non-hydrogen) atoms. The third-order valence-electron chi connectivity index (χ3n) is 3.70. The first-order valence-electron chi connectivity index (χ1n) is 7.80. The Morgan fingerprint density at radius 2 is 1.68 bits per heavy atom. The monoisotopic (exact) mass is 363 g/mol. The molecule has 0 atom stereocenters. The van der Waals surface area contributed by atoms with Crippen molar-refractivity contribution in [1.82, 2.24) is 4.90 Å². The van der Waals surface area contributed by atoms with Gasteiger partial charge in [-0.15, -0.1) is 11.8 Å². The van der Waals surface area contributed by atoms with Gasteiger partial charge in [0.25, 0.3) is 0 Å². The van der Waals surface area contributed by atoms with Gasteiger partial charge in [0.15, 0.2) is 11.5 Å². The fourth-order valence-corrected chi connectivity index (χ4v) is 3.21. The van der Waals surface area contributed by atoms with Crippen LogP contribution in [-0.4, -0.2) is 37.8 Å². The lowest BCUT2D eigenvalue weighted by atomic mass is 10.2. The molecule has 0 aromatic heterocycles. The lowest BCUT2D eigenvalue weighted by Crippen LogP contribution is -2.27. The summed E-state index contributed by atoms with van der Waals surface area (Å²) in [6, 6.07) is 11.9. The van der Waals surface area contributed by atoms with Gasteiger partial charge < -0.3 is 14.4 Å². The number of hydrogen-bond donors (Lipinski definition) is 0. The molecular weight excluding hydrogens is 341 g/mol. The lowest BCUT2D eigenvalue weighted by molar-refractivity contribution is -0.127. The first-order valence-corrected chi connectivity index (χ1v) is 8.96. The SMILES string of the molecule is COc1ccc(CN(C)C(=O)CSCc2ccc(F)cc2)cc1OC. The number of rotatable bonds is 8. The molecule has 0 aliphatic rings. The van der Waals surface area contributed by atoms with Crippen LogP contribution in [0.25, 0.3) is 0 Å². The molecule has 134 valence electrons. The van der Waals surface area contributed by atoms with Crippen LogP contribution in [0.3, 0.4) is 0 Å². The molecule has 1 amide bonds. The molecule has 4 nitrogen and oxygen atoms in total. The summed E-state index contributed by atoms with van der Waals surface area (Å²) in [6.07, 6.45) is 0. The maximum Gasteiger partial charge on any atom is 0.232 e. The van der Waals surface area contributed by atoms with E-state index in [2.05, 4.69) is 0 Å². The van der Waals surface area contributed by atoms with Crippen molar-refractivity contribution in [3.8, 4) is 11.5 Å². The van der Waals surface area contributed by atoms with Crippen molar-refractivity contribution in [3.63, 3.8) is 0 Å². The van der Waals surface area contributed by atoms with E-state index in [4.69, 9.17) is 9.47 Å². The molecule has 0 saturated heterocycles. The Bertz CT molecular complexity index is 706. The maximum absolute atomic E-state index is 12.9. The van der Waals surface area contributed by atoms with Crippen LogP contribution in [0.4, 0.5) is 4.39 Å². The van der Waals surface area contributed by atoms with Gasteiger partial charge in [0, 0.05) is 19.3 Å². The lowest BCUT2D eigenvalue weighted by Gasteiger charge is -2.18. The molecule has 0 aliphatic heterocycles. The number of thioether (sulfide) groups is 1. The van der Waals surface area contributed by atoms with Gasteiger partial charge in [-0.3, -0.25) is 4.79 Å². The second-order valence-electron chi connectivity index (χ2n) is 5.56. The zero-order valence-electron chi connectivity index (χ0n) is 14.6. The summed E-state index contributed by atoms with van der Waals surface area (Å²) in [6.45, 7) is 0.496. The largest absolute Gasteiger partial charge is 0.493 e.